The standard InChI is InChI=1S/C24H25F3N6O5/c1-3-4-12-31-18-19(33(38-21(36)24(25,26)27)22(31)30-13-10-28-11-14-30)29(2)23(37)32(20(18)35)15-17(34)16-8-6-5-7-9-16/h5-9,22,28H,10-15H2,1-2H3. The van der Waals surface area contributed by atoms with Crippen molar-refractivity contribution in [2.24, 2.45) is 7.05 Å². The molecular weight excluding hydrogens is 509 g/mol. The van der Waals surface area contributed by atoms with Gasteiger partial charge in [-0.15, -0.1) is 11.0 Å². The first kappa shape index (κ1) is 27.0. The summed E-state index contributed by atoms with van der Waals surface area (Å²) < 4.78 is 41.3. The summed E-state index contributed by atoms with van der Waals surface area (Å²) >= 11 is 0. The van der Waals surface area contributed by atoms with Gasteiger partial charge in [-0.05, 0) is 6.92 Å². The molecule has 2 aliphatic heterocycles. The van der Waals surface area contributed by atoms with E-state index in [1.54, 1.807) is 30.0 Å². The fourth-order valence-electron chi connectivity index (χ4n) is 4.41. The van der Waals surface area contributed by atoms with E-state index in [0.29, 0.717) is 35.8 Å². The van der Waals surface area contributed by atoms with Crippen LogP contribution in [0.4, 0.5) is 24.7 Å². The van der Waals surface area contributed by atoms with E-state index in [0.717, 1.165) is 4.57 Å². The number of nitrogens with zero attached hydrogens (tertiary/aromatic N) is 5. The van der Waals surface area contributed by atoms with Crippen molar-refractivity contribution in [1.29, 1.82) is 0 Å². The molecule has 1 atom stereocenters. The van der Waals surface area contributed by atoms with Crippen LogP contribution < -0.4 is 26.5 Å². The number of benzene rings is 1. The van der Waals surface area contributed by atoms with Gasteiger partial charge in [0.15, 0.2) is 23.6 Å². The van der Waals surface area contributed by atoms with E-state index in [-0.39, 0.29) is 23.6 Å². The maximum Gasteiger partial charge on any atom is 0.493 e. The van der Waals surface area contributed by atoms with Crippen molar-refractivity contribution in [2.75, 3.05) is 42.7 Å². The molecule has 0 spiro atoms. The van der Waals surface area contributed by atoms with Crippen LogP contribution in [0.5, 0.6) is 0 Å². The number of hydrogen-bond donors (Lipinski definition) is 1. The number of Topliss-reactive ketones (excluding diaryl/α,β-unsaturated/α-hetero) is 1. The third-order valence-electron chi connectivity index (χ3n) is 6.19. The van der Waals surface area contributed by atoms with Crippen molar-refractivity contribution in [1.82, 2.24) is 19.4 Å². The van der Waals surface area contributed by atoms with Crippen LogP contribution in [-0.2, 0) is 23.2 Å². The third kappa shape index (κ3) is 5.02. The molecule has 14 heteroatoms. The topological polar surface area (TPSA) is 109 Å². The van der Waals surface area contributed by atoms with E-state index in [2.05, 4.69) is 17.2 Å². The number of rotatable bonds is 6. The van der Waals surface area contributed by atoms with Crippen LogP contribution in [0.2, 0.25) is 0 Å². The van der Waals surface area contributed by atoms with Crippen LogP contribution in [0.15, 0.2) is 39.9 Å². The molecule has 2 aromatic rings. The molecule has 38 heavy (non-hydrogen) atoms. The number of alkyl halides is 3. The van der Waals surface area contributed by atoms with E-state index in [9.17, 15) is 32.3 Å². The van der Waals surface area contributed by atoms with Gasteiger partial charge in [0.2, 0.25) is 0 Å². The van der Waals surface area contributed by atoms with Gasteiger partial charge in [0.05, 0.1) is 13.1 Å². The van der Waals surface area contributed by atoms with Gasteiger partial charge in [-0.1, -0.05) is 36.3 Å². The maximum atomic E-state index is 13.7. The van der Waals surface area contributed by atoms with E-state index in [1.807, 2.05) is 0 Å². The van der Waals surface area contributed by atoms with Crippen LogP contribution in [-0.4, -0.2) is 71.0 Å². The first-order valence-corrected chi connectivity index (χ1v) is 11.7. The Kier molecular flexibility index (Phi) is 7.61. The van der Waals surface area contributed by atoms with Crippen LogP contribution in [0, 0.1) is 11.8 Å². The zero-order chi connectivity index (χ0) is 27.6. The number of anilines is 2. The summed E-state index contributed by atoms with van der Waals surface area (Å²) in [6, 6.07) is 8.04. The van der Waals surface area contributed by atoms with E-state index in [4.69, 9.17) is 4.84 Å². The van der Waals surface area contributed by atoms with Gasteiger partial charge in [0.1, 0.15) is 0 Å². The summed E-state index contributed by atoms with van der Waals surface area (Å²) in [5.41, 5.74) is -1.83. The minimum Gasteiger partial charge on any atom is -0.327 e. The van der Waals surface area contributed by atoms with Crippen molar-refractivity contribution in [3.8, 4) is 11.8 Å². The van der Waals surface area contributed by atoms with Crippen LogP contribution in [0.1, 0.15) is 17.3 Å². The van der Waals surface area contributed by atoms with Crippen LogP contribution in [0.25, 0.3) is 0 Å². The molecular formula is C24H25F3N6O5. The Labute approximate surface area is 214 Å². The number of carbonyl (C=O) groups is 2. The van der Waals surface area contributed by atoms with E-state index in [1.165, 1.54) is 24.1 Å². The van der Waals surface area contributed by atoms with E-state index >= 15 is 0 Å². The van der Waals surface area contributed by atoms with Gasteiger partial charge in [0, 0.05) is 38.8 Å². The average molecular weight is 534 g/mol. The minimum absolute atomic E-state index is 0.127. The summed E-state index contributed by atoms with van der Waals surface area (Å²) in [7, 11) is 1.22. The normalized spacial score (nSPS) is 17.6. The number of piperazine rings is 1. The Hall–Kier alpha value is -4.09. The lowest BCUT2D eigenvalue weighted by Gasteiger charge is -2.40. The predicted molar refractivity (Wildman–Crippen MR) is 130 cm³/mol. The van der Waals surface area contributed by atoms with Gasteiger partial charge in [-0.2, -0.15) is 13.2 Å². The fourth-order valence-corrected chi connectivity index (χ4v) is 4.41. The molecule has 2 aliphatic rings. The minimum atomic E-state index is -5.33. The number of aromatic nitrogens is 2. The van der Waals surface area contributed by atoms with Crippen molar-refractivity contribution < 1.29 is 27.6 Å². The zero-order valence-electron chi connectivity index (χ0n) is 20.6. The Morgan fingerprint density at radius 3 is 2.39 bits per heavy atom. The Morgan fingerprint density at radius 2 is 1.79 bits per heavy atom. The molecule has 0 amide bonds. The van der Waals surface area contributed by atoms with E-state index < -0.39 is 42.0 Å². The highest BCUT2D eigenvalue weighted by Gasteiger charge is 2.50. The van der Waals surface area contributed by atoms with Crippen molar-refractivity contribution in [3.05, 3.63) is 56.7 Å². The molecule has 0 radical (unpaired) electrons. The molecule has 3 heterocycles. The Bertz CT molecular complexity index is 1400. The molecule has 1 saturated heterocycles. The highest BCUT2D eigenvalue weighted by atomic mass is 19.4. The lowest BCUT2D eigenvalue weighted by molar-refractivity contribution is -0.203. The SMILES string of the molecule is CC#CCN1c2c(n(C)c(=O)n(CC(=O)c3ccccc3)c2=O)N(OC(=O)C(F)(F)F)C1N1CCNCC1. The molecule has 1 aromatic carbocycles. The van der Waals surface area contributed by atoms with Gasteiger partial charge in [0.25, 0.3) is 5.56 Å². The zero-order valence-corrected chi connectivity index (χ0v) is 20.6. The average Bonchev–Trinajstić information content (AvgIpc) is 3.22. The second kappa shape index (κ2) is 10.7. The van der Waals surface area contributed by atoms with Crippen molar-refractivity contribution >= 4 is 23.3 Å². The number of halogens is 3. The highest BCUT2D eigenvalue weighted by Crippen LogP contribution is 2.38. The summed E-state index contributed by atoms with van der Waals surface area (Å²) in [5.74, 6) is 2.11. The molecule has 4 rings (SSSR count). The Balaban J connectivity index is 1.89. The summed E-state index contributed by atoms with van der Waals surface area (Å²) in [6.07, 6.45) is -6.53. The smallest absolute Gasteiger partial charge is 0.327 e. The summed E-state index contributed by atoms with van der Waals surface area (Å²) in [5, 5.41) is 3.76. The molecule has 1 unspecified atom stereocenters. The number of hydroxylamine groups is 1. The van der Waals surface area contributed by atoms with Crippen molar-refractivity contribution in [2.45, 2.75) is 25.9 Å². The number of ketones is 1. The number of hydrogen-bond acceptors (Lipinski definition) is 9. The van der Waals surface area contributed by atoms with Crippen molar-refractivity contribution in [3.63, 3.8) is 0 Å². The first-order valence-electron chi connectivity index (χ1n) is 11.7. The van der Waals surface area contributed by atoms with Crippen LogP contribution in [0.3, 0.4) is 0 Å². The second-order valence-corrected chi connectivity index (χ2v) is 8.58. The fraction of sp³-hybridized carbons (Fsp3) is 0.417. The van der Waals surface area contributed by atoms with Crippen LogP contribution >= 0.6 is 0 Å². The van der Waals surface area contributed by atoms with Gasteiger partial charge < -0.3 is 15.1 Å². The summed E-state index contributed by atoms with van der Waals surface area (Å²) in [6.45, 7) is 2.46. The molecule has 0 saturated carbocycles. The number of carbonyl (C=O) groups excluding carboxylic acids is 2. The van der Waals surface area contributed by atoms with Gasteiger partial charge in [-0.3, -0.25) is 23.6 Å². The maximum absolute atomic E-state index is 13.7. The predicted octanol–water partition coefficient (Wildman–Crippen LogP) is 0.289. The lowest BCUT2D eigenvalue weighted by atomic mass is 10.1. The quantitative estimate of drug-likeness (QED) is 0.413. The molecule has 0 bridgehead atoms. The molecule has 1 aromatic heterocycles. The van der Waals surface area contributed by atoms with Gasteiger partial charge >= 0.3 is 17.8 Å². The summed E-state index contributed by atoms with van der Waals surface area (Å²) in [4.78, 5) is 59.7. The molecule has 0 aliphatic carbocycles. The van der Waals surface area contributed by atoms with Gasteiger partial charge in [-0.25, -0.2) is 9.59 Å². The molecule has 202 valence electrons. The lowest BCUT2D eigenvalue weighted by Crippen LogP contribution is -2.61. The highest BCUT2D eigenvalue weighted by molar-refractivity contribution is 5.95. The first-order chi connectivity index (χ1) is 18.1. The molecule has 1 N–H and O–H groups in total. The third-order valence-corrected chi connectivity index (χ3v) is 6.19. The second-order valence-electron chi connectivity index (χ2n) is 8.58. The Morgan fingerprint density at radius 1 is 1.13 bits per heavy atom. The monoisotopic (exact) mass is 534 g/mol. The molecule has 11 nitrogen and oxygen atoms in total. The molecule has 1 fully saturated rings. The number of fused-ring (bicyclic) bond motifs is 1. The largest absolute Gasteiger partial charge is 0.493 e. The number of nitrogens with one attached hydrogen (secondary N) is 1.